The van der Waals surface area contributed by atoms with Crippen LogP contribution in [0.3, 0.4) is 0 Å². The fourth-order valence-corrected chi connectivity index (χ4v) is 3.28. The van der Waals surface area contributed by atoms with Gasteiger partial charge in [0.25, 0.3) is 0 Å². The summed E-state index contributed by atoms with van der Waals surface area (Å²) >= 11 is 13.7. The lowest BCUT2D eigenvalue weighted by atomic mass is 10.3. The zero-order valence-electron chi connectivity index (χ0n) is 10.9. The maximum atomic E-state index is 5.94. The highest BCUT2D eigenvalue weighted by Gasteiger charge is 2.20. The Kier molecular flexibility index (Phi) is 4.51. The summed E-state index contributed by atoms with van der Waals surface area (Å²) in [5.41, 5.74) is 0. The van der Waals surface area contributed by atoms with Gasteiger partial charge in [-0.1, -0.05) is 23.2 Å². The first-order valence-electron chi connectivity index (χ1n) is 6.59. The Morgan fingerprint density at radius 2 is 1.80 bits per heavy atom. The molecule has 1 heterocycles. The quantitative estimate of drug-likeness (QED) is 0.815. The normalized spacial score (nSPS) is 14.5. The van der Waals surface area contributed by atoms with Crippen molar-refractivity contribution in [1.82, 2.24) is 5.32 Å². The highest BCUT2D eigenvalue weighted by Crippen LogP contribution is 2.26. The van der Waals surface area contributed by atoms with Gasteiger partial charge in [-0.05, 0) is 43.2 Å². The van der Waals surface area contributed by atoms with Crippen LogP contribution in [0.25, 0.3) is 0 Å². The van der Waals surface area contributed by atoms with Gasteiger partial charge in [0.15, 0.2) is 0 Å². The summed E-state index contributed by atoms with van der Waals surface area (Å²) in [6.45, 7) is 1.50. The van der Waals surface area contributed by atoms with Crippen molar-refractivity contribution in [2.24, 2.45) is 0 Å². The second-order valence-electron chi connectivity index (χ2n) is 4.92. The molecule has 0 atom stereocenters. The molecule has 1 aliphatic carbocycles. The van der Waals surface area contributed by atoms with Gasteiger partial charge in [-0.2, -0.15) is 0 Å². The smallest absolute Gasteiger partial charge is 0.122 e. The highest BCUT2D eigenvalue weighted by atomic mass is 35.5. The third-order valence-electron chi connectivity index (χ3n) is 3.08. The van der Waals surface area contributed by atoms with Crippen LogP contribution in [-0.4, -0.2) is 6.04 Å². The summed E-state index contributed by atoms with van der Waals surface area (Å²) in [5, 5.41) is 4.69. The zero-order chi connectivity index (χ0) is 13.9. The van der Waals surface area contributed by atoms with Gasteiger partial charge in [0, 0.05) is 32.4 Å². The Morgan fingerprint density at radius 1 is 1.10 bits per heavy atom. The Bertz CT molecular complexity index is 575. The number of hydrogen-bond donors (Lipinski definition) is 1. The minimum Gasteiger partial charge on any atom is -0.488 e. The van der Waals surface area contributed by atoms with E-state index in [0.29, 0.717) is 22.4 Å². The van der Waals surface area contributed by atoms with Crippen molar-refractivity contribution < 1.29 is 4.74 Å². The second-order valence-corrected chi connectivity index (χ2v) is 7.04. The van der Waals surface area contributed by atoms with E-state index in [0.717, 1.165) is 12.6 Å². The van der Waals surface area contributed by atoms with Gasteiger partial charge in [0.1, 0.15) is 12.4 Å². The van der Waals surface area contributed by atoms with E-state index < -0.39 is 0 Å². The molecule has 0 saturated heterocycles. The molecule has 0 aliphatic heterocycles. The first-order chi connectivity index (χ1) is 9.69. The Balaban J connectivity index is 1.54. The van der Waals surface area contributed by atoms with Crippen LogP contribution in [0, 0.1) is 0 Å². The molecule has 2 nitrogen and oxygen atoms in total. The van der Waals surface area contributed by atoms with Crippen molar-refractivity contribution in [3.05, 3.63) is 50.1 Å². The fourth-order valence-electron chi connectivity index (χ4n) is 1.89. The zero-order valence-corrected chi connectivity index (χ0v) is 13.2. The van der Waals surface area contributed by atoms with E-state index in [1.165, 1.54) is 22.6 Å². The molecule has 1 aromatic heterocycles. The van der Waals surface area contributed by atoms with Crippen molar-refractivity contribution in [3.63, 3.8) is 0 Å². The molecule has 1 saturated carbocycles. The summed E-state index contributed by atoms with van der Waals surface area (Å²) in [5.74, 6) is 0.702. The second kappa shape index (κ2) is 6.35. The molecule has 0 radical (unpaired) electrons. The predicted molar refractivity (Wildman–Crippen MR) is 85.0 cm³/mol. The molecule has 1 N–H and O–H groups in total. The van der Waals surface area contributed by atoms with Crippen molar-refractivity contribution in [2.75, 3.05) is 0 Å². The number of rotatable bonds is 6. The molecule has 0 bridgehead atoms. The number of nitrogens with one attached hydrogen (secondary N) is 1. The summed E-state index contributed by atoms with van der Waals surface area (Å²) in [4.78, 5) is 2.55. The molecule has 20 heavy (non-hydrogen) atoms. The first kappa shape index (κ1) is 14.2. The molecule has 1 aliphatic rings. The maximum absolute atomic E-state index is 5.94. The third kappa shape index (κ3) is 4.13. The van der Waals surface area contributed by atoms with Gasteiger partial charge < -0.3 is 10.1 Å². The number of hydrogen-bond acceptors (Lipinski definition) is 3. The Labute approximate surface area is 132 Å². The highest BCUT2D eigenvalue weighted by molar-refractivity contribution is 7.11. The fraction of sp³-hybridized carbons (Fsp3) is 0.333. The predicted octanol–water partition coefficient (Wildman–Crippen LogP) is 4.89. The van der Waals surface area contributed by atoms with Gasteiger partial charge in [0.05, 0.1) is 0 Å². The molecule has 1 aromatic carbocycles. The van der Waals surface area contributed by atoms with Crippen LogP contribution in [-0.2, 0) is 13.2 Å². The monoisotopic (exact) mass is 327 g/mol. The van der Waals surface area contributed by atoms with E-state index in [2.05, 4.69) is 17.4 Å². The molecule has 0 amide bonds. The van der Waals surface area contributed by atoms with Crippen LogP contribution >= 0.6 is 34.5 Å². The molecule has 1 fully saturated rings. The average Bonchev–Trinajstić information content (AvgIpc) is 3.12. The lowest BCUT2D eigenvalue weighted by molar-refractivity contribution is 0.310. The molecular formula is C15H15Cl2NOS. The van der Waals surface area contributed by atoms with Crippen molar-refractivity contribution in [3.8, 4) is 5.75 Å². The number of halogens is 2. The van der Waals surface area contributed by atoms with Crippen LogP contribution in [0.4, 0.5) is 0 Å². The first-order valence-corrected chi connectivity index (χ1v) is 8.16. The van der Waals surface area contributed by atoms with E-state index >= 15 is 0 Å². The van der Waals surface area contributed by atoms with Crippen LogP contribution < -0.4 is 10.1 Å². The van der Waals surface area contributed by atoms with E-state index in [4.69, 9.17) is 27.9 Å². The lowest BCUT2D eigenvalue weighted by Gasteiger charge is -2.05. The number of ether oxygens (including phenoxy) is 1. The molecule has 3 rings (SSSR count). The van der Waals surface area contributed by atoms with Crippen LogP contribution in [0.15, 0.2) is 30.3 Å². The van der Waals surface area contributed by atoms with E-state index in [1.54, 1.807) is 29.5 Å². The topological polar surface area (TPSA) is 21.3 Å². The SMILES string of the molecule is Clc1cc(Cl)cc(OCc2ccc(CNC3CC3)s2)c1. The van der Waals surface area contributed by atoms with Gasteiger partial charge in [0.2, 0.25) is 0 Å². The summed E-state index contributed by atoms with van der Waals surface area (Å²) in [6.07, 6.45) is 2.63. The summed E-state index contributed by atoms with van der Waals surface area (Å²) < 4.78 is 5.73. The minimum atomic E-state index is 0.546. The van der Waals surface area contributed by atoms with Crippen LogP contribution in [0.2, 0.25) is 10.0 Å². The molecule has 2 aromatic rings. The molecule has 5 heteroatoms. The molecular weight excluding hydrogens is 313 g/mol. The van der Waals surface area contributed by atoms with E-state index in [9.17, 15) is 0 Å². The Hall–Kier alpha value is -0.740. The van der Waals surface area contributed by atoms with E-state index in [1.807, 2.05) is 0 Å². The minimum absolute atomic E-state index is 0.546. The van der Waals surface area contributed by atoms with Crippen LogP contribution in [0.5, 0.6) is 5.75 Å². The molecule has 106 valence electrons. The van der Waals surface area contributed by atoms with Gasteiger partial charge >= 0.3 is 0 Å². The van der Waals surface area contributed by atoms with Crippen molar-refractivity contribution in [1.29, 1.82) is 0 Å². The lowest BCUT2D eigenvalue weighted by Crippen LogP contribution is -2.14. The summed E-state index contributed by atoms with van der Waals surface area (Å²) in [6, 6.07) is 10.3. The van der Waals surface area contributed by atoms with Crippen molar-refractivity contribution in [2.45, 2.75) is 32.0 Å². The van der Waals surface area contributed by atoms with Gasteiger partial charge in [-0.3, -0.25) is 0 Å². The van der Waals surface area contributed by atoms with Crippen molar-refractivity contribution >= 4 is 34.5 Å². The Morgan fingerprint density at radius 3 is 2.50 bits per heavy atom. The average molecular weight is 328 g/mol. The standard InChI is InChI=1S/C15H15Cl2NOS/c16-10-5-11(17)7-13(6-10)19-9-15-4-3-14(20-15)8-18-12-1-2-12/h3-7,12,18H,1-2,8-9H2. The summed E-state index contributed by atoms with van der Waals surface area (Å²) in [7, 11) is 0. The van der Waals surface area contributed by atoms with Gasteiger partial charge in [-0.15, -0.1) is 11.3 Å². The molecule has 0 spiro atoms. The number of benzene rings is 1. The van der Waals surface area contributed by atoms with E-state index in [-0.39, 0.29) is 0 Å². The van der Waals surface area contributed by atoms with Gasteiger partial charge in [-0.25, -0.2) is 0 Å². The number of thiophene rings is 1. The van der Waals surface area contributed by atoms with Crippen LogP contribution in [0.1, 0.15) is 22.6 Å². The maximum Gasteiger partial charge on any atom is 0.122 e. The molecule has 0 unspecified atom stereocenters. The largest absolute Gasteiger partial charge is 0.488 e. The third-order valence-corrected chi connectivity index (χ3v) is 4.57.